The normalized spacial score (nSPS) is 15.1. The second-order valence-electron chi connectivity index (χ2n) is 4.35. The zero-order valence-electron chi connectivity index (χ0n) is 9.82. The maximum absolute atomic E-state index is 11.7. The number of hydrogen-bond donors (Lipinski definition) is 1. The summed E-state index contributed by atoms with van der Waals surface area (Å²) in [6.45, 7) is 3.34. The Hall–Kier alpha value is -0.870. The highest BCUT2D eigenvalue weighted by Crippen LogP contribution is 2.25. The average Bonchev–Trinajstić information content (AvgIpc) is 3.02. The number of nitrogens with zero attached hydrogens (tertiary/aromatic N) is 1. The van der Waals surface area contributed by atoms with Gasteiger partial charge in [-0.05, 0) is 31.9 Å². The van der Waals surface area contributed by atoms with Crippen LogP contribution in [0.5, 0.6) is 0 Å². The van der Waals surface area contributed by atoms with E-state index in [1.807, 2.05) is 11.9 Å². The van der Waals surface area contributed by atoms with Crippen molar-refractivity contribution >= 4 is 17.2 Å². The standard InChI is InChI=1S/C12H18N2OS/c1-9-3-6-11(16-9)7-13-8-12(15)14(2)10-4-5-10/h3,6,10,13H,4-5,7-8H2,1-2H3. The van der Waals surface area contributed by atoms with Gasteiger partial charge in [-0.3, -0.25) is 4.79 Å². The molecule has 1 amide bonds. The Morgan fingerprint density at radius 3 is 2.88 bits per heavy atom. The molecule has 1 fully saturated rings. The summed E-state index contributed by atoms with van der Waals surface area (Å²) in [5.41, 5.74) is 0. The van der Waals surface area contributed by atoms with Gasteiger partial charge < -0.3 is 10.2 Å². The van der Waals surface area contributed by atoms with E-state index in [2.05, 4.69) is 24.4 Å². The molecule has 1 aliphatic rings. The van der Waals surface area contributed by atoms with Gasteiger partial charge in [0.05, 0.1) is 6.54 Å². The van der Waals surface area contributed by atoms with Gasteiger partial charge in [-0.2, -0.15) is 0 Å². The third-order valence-electron chi connectivity index (χ3n) is 2.86. The minimum atomic E-state index is 0.204. The highest BCUT2D eigenvalue weighted by atomic mass is 32.1. The van der Waals surface area contributed by atoms with E-state index in [1.165, 1.54) is 22.6 Å². The van der Waals surface area contributed by atoms with Crippen LogP contribution in [0.3, 0.4) is 0 Å². The summed E-state index contributed by atoms with van der Waals surface area (Å²) in [6, 6.07) is 4.74. The minimum Gasteiger partial charge on any atom is -0.342 e. The molecule has 1 aromatic rings. The molecular formula is C12H18N2OS. The second-order valence-corrected chi connectivity index (χ2v) is 5.72. The summed E-state index contributed by atoms with van der Waals surface area (Å²) in [7, 11) is 1.90. The second kappa shape index (κ2) is 4.97. The molecule has 0 atom stereocenters. The number of hydrogen-bond acceptors (Lipinski definition) is 3. The van der Waals surface area contributed by atoms with Crippen molar-refractivity contribution in [2.24, 2.45) is 0 Å². The summed E-state index contributed by atoms with van der Waals surface area (Å²) >= 11 is 1.78. The van der Waals surface area contributed by atoms with E-state index >= 15 is 0 Å². The summed E-state index contributed by atoms with van der Waals surface area (Å²) in [5.74, 6) is 0.204. The average molecular weight is 238 g/mol. The largest absolute Gasteiger partial charge is 0.342 e. The lowest BCUT2D eigenvalue weighted by Crippen LogP contribution is -2.36. The minimum absolute atomic E-state index is 0.204. The molecule has 0 radical (unpaired) electrons. The van der Waals surface area contributed by atoms with Crippen LogP contribution in [0.2, 0.25) is 0 Å². The van der Waals surface area contributed by atoms with Crippen LogP contribution in [0, 0.1) is 6.92 Å². The summed E-state index contributed by atoms with van der Waals surface area (Å²) in [5, 5.41) is 3.20. The van der Waals surface area contributed by atoms with Crippen molar-refractivity contribution in [1.82, 2.24) is 10.2 Å². The maximum atomic E-state index is 11.7. The van der Waals surface area contributed by atoms with Gasteiger partial charge in [0, 0.05) is 29.4 Å². The van der Waals surface area contributed by atoms with E-state index in [1.54, 1.807) is 11.3 Å². The molecule has 16 heavy (non-hydrogen) atoms. The molecule has 1 heterocycles. The smallest absolute Gasteiger partial charge is 0.236 e. The molecule has 1 saturated carbocycles. The number of likely N-dealkylation sites (N-methyl/N-ethyl adjacent to an activating group) is 1. The predicted molar refractivity (Wildman–Crippen MR) is 66.6 cm³/mol. The number of amides is 1. The fraction of sp³-hybridized carbons (Fsp3) is 0.583. The first-order chi connectivity index (χ1) is 7.66. The van der Waals surface area contributed by atoms with Gasteiger partial charge in [0.15, 0.2) is 0 Å². The fourth-order valence-electron chi connectivity index (χ4n) is 1.66. The number of thiophene rings is 1. The highest BCUT2D eigenvalue weighted by molar-refractivity contribution is 7.11. The molecule has 0 aromatic carbocycles. The molecule has 0 spiro atoms. The summed E-state index contributed by atoms with van der Waals surface area (Å²) in [6.07, 6.45) is 2.35. The summed E-state index contributed by atoms with van der Waals surface area (Å²) < 4.78 is 0. The quantitative estimate of drug-likeness (QED) is 0.848. The first-order valence-electron chi connectivity index (χ1n) is 5.68. The molecule has 3 nitrogen and oxygen atoms in total. The van der Waals surface area contributed by atoms with Gasteiger partial charge >= 0.3 is 0 Å². The Balaban J connectivity index is 1.69. The van der Waals surface area contributed by atoms with Crippen LogP contribution >= 0.6 is 11.3 Å². The summed E-state index contributed by atoms with van der Waals surface area (Å²) in [4.78, 5) is 16.2. The monoisotopic (exact) mass is 238 g/mol. The molecule has 1 N–H and O–H groups in total. The molecule has 0 aliphatic heterocycles. The van der Waals surface area contributed by atoms with Crippen LogP contribution in [0.1, 0.15) is 22.6 Å². The third-order valence-corrected chi connectivity index (χ3v) is 3.86. The van der Waals surface area contributed by atoms with Crippen LogP contribution in [-0.2, 0) is 11.3 Å². The first kappa shape index (κ1) is 11.6. The van der Waals surface area contributed by atoms with Crippen molar-refractivity contribution in [1.29, 1.82) is 0 Å². The van der Waals surface area contributed by atoms with Crippen LogP contribution in [0.4, 0.5) is 0 Å². The molecular weight excluding hydrogens is 220 g/mol. The number of carbonyl (C=O) groups is 1. The van der Waals surface area contributed by atoms with E-state index in [9.17, 15) is 4.79 Å². The zero-order chi connectivity index (χ0) is 11.5. The van der Waals surface area contributed by atoms with Crippen molar-refractivity contribution in [3.8, 4) is 0 Å². The topological polar surface area (TPSA) is 32.3 Å². The van der Waals surface area contributed by atoms with Gasteiger partial charge in [-0.1, -0.05) is 0 Å². The van der Waals surface area contributed by atoms with E-state index in [4.69, 9.17) is 0 Å². The number of rotatable bonds is 5. The molecule has 2 rings (SSSR count). The fourth-order valence-corrected chi connectivity index (χ4v) is 2.52. The molecule has 1 aliphatic carbocycles. The van der Waals surface area contributed by atoms with Crippen LogP contribution < -0.4 is 5.32 Å². The van der Waals surface area contributed by atoms with Crippen molar-refractivity contribution < 1.29 is 4.79 Å². The lowest BCUT2D eigenvalue weighted by Gasteiger charge is -2.16. The Morgan fingerprint density at radius 1 is 1.56 bits per heavy atom. The van der Waals surface area contributed by atoms with E-state index in [-0.39, 0.29) is 5.91 Å². The molecule has 88 valence electrons. The lowest BCUT2D eigenvalue weighted by molar-refractivity contribution is -0.129. The zero-order valence-corrected chi connectivity index (χ0v) is 10.6. The maximum Gasteiger partial charge on any atom is 0.236 e. The molecule has 4 heteroatoms. The van der Waals surface area contributed by atoms with Crippen molar-refractivity contribution in [3.05, 3.63) is 21.9 Å². The van der Waals surface area contributed by atoms with Gasteiger partial charge in [0.25, 0.3) is 0 Å². The Bertz CT molecular complexity index is 371. The highest BCUT2D eigenvalue weighted by Gasteiger charge is 2.28. The number of nitrogens with one attached hydrogen (secondary N) is 1. The predicted octanol–water partition coefficient (Wildman–Crippen LogP) is 1.77. The number of aryl methyl sites for hydroxylation is 1. The van der Waals surface area contributed by atoms with E-state index in [0.717, 1.165) is 6.54 Å². The Morgan fingerprint density at radius 2 is 2.31 bits per heavy atom. The van der Waals surface area contributed by atoms with Gasteiger partial charge in [0.1, 0.15) is 0 Å². The van der Waals surface area contributed by atoms with Crippen molar-refractivity contribution in [2.45, 2.75) is 32.4 Å². The molecule has 0 bridgehead atoms. The third kappa shape index (κ3) is 3.06. The molecule has 0 unspecified atom stereocenters. The van der Waals surface area contributed by atoms with E-state index in [0.29, 0.717) is 12.6 Å². The van der Waals surface area contributed by atoms with Gasteiger partial charge in [0.2, 0.25) is 5.91 Å². The molecule has 1 aromatic heterocycles. The lowest BCUT2D eigenvalue weighted by atomic mass is 10.4. The van der Waals surface area contributed by atoms with Crippen LogP contribution in [0.15, 0.2) is 12.1 Å². The van der Waals surface area contributed by atoms with Crippen LogP contribution in [0.25, 0.3) is 0 Å². The van der Waals surface area contributed by atoms with Crippen LogP contribution in [-0.4, -0.2) is 30.4 Å². The van der Waals surface area contributed by atoms with Gasteiger partial charge in [-0.25, -0.2) is 0 Å². The van der Waals surface area contributed by atoms with Crippen molar-refractivity contribution in [3.63, 3.8) is 0 Å². The van der Waals surface area contributed by atoms with E-state index < -0.39 is 0 Å². The molecule has 0 saturated heterocycles. The number of carbonyl (C=O) groups excluding carboxylic acids is 1. The Kier molecular flexibility index (Phi) is 3.61. The first-order valence-corrected chi connectivity index (χ1v) is 6.50. The van der Waals surface area contributed by atoms with Crippen molar-refractivity contribution in [2.75, 3.05) is 13.6 Å². The SMILES string of the molecule is Cc1ccc(CNCC(=O)N(C)C2CC2)s1. The Labute approximate surface area is 100 Å². The van der Waals surface area contributed by atoms with Gasteiger partial charge in [-0.15, -0.1) is 11.3 Å².